The van der Waals surface area contributed by atoms with Gasteiger partial charge in [0.05, 0.1) is 13.5 Å². The van der Waals surface area contributed by atoms with E-state index in [-0.39, 0.29) is 11.4 Å². The van der Waals surface area contributed by atoms with Crippen molar-refractivity contribution in [2.24, 2.45) is 5.41 Å². The van der Waals surface area contributed by atoms with E-state index in [1.807, 2.05) is 13.0 Å². The van der Waals surface area contributed by atoms with Crippen molar-refractivity contribution in [3.05, 3.63) is 16.5 Å². The fourth-order valence-corrected chi connectivity index (χ4v) is 3.60. The van der Waals surface area contributed by atoms with Crippen LogP contribution in [0.15, 0.2) is 15.7 Å². The molecule has 2 rings (SSSR count). The number of methoxy groups -OCH3 is 1. The maximum Gasteiger partial charge on any atom is 0.306 e. The summed E-state index contributed by atoms with van der Waals surface area (Å²) >= 11 is 5.04. The number of nitrogens with zero attached hydrogens (tertiary/aromatic N) is 2. The van der Waals surface area contributed by atoms with Gasteiger partial charge in [-0.2, -0.15) is 0 Å². The zero-order chi connectivity index (χ0) is 13.2. The Kier molecular flexibility index (Phi) is 4.27. The summed E-state index contributed by atoms with van der Waals surface area (Å²) in [6.07, 6.45) is 2.71. The highest BCUT2D eigenvalue weighted by atomic mass is 79.9. The van der Waals surface area contributed by atoms with Gasteiger partial charge in [0.1, 0.15) is 15.5 Å². The van der Waals surface area contributed by atoms with Gasteiger partial charge in [-0.05, 0) is 41.1 Å². The van der Waals surface area contributed by atoms with Gasteiger partial charge in [-0.1, -0.05) is 0 Å². The molecule has 1 aromatic heterocycles. The first kappa shape index (κ1) is 13.8. The predicted octanol–water partition coefficient (Wildman–Crippen LogP) is 2.98. The molecule has 1 aromatic rings. The largest absolute Gasteiger partial charge is 0.469 e. The van der Waals surface area contributed by atoms with E-state index in [1.165, 1.54) is 7.11 Å². The smallest absolute Gasteiger partial charge is 0.306 e. The van der Waals surface area contributed by atoms with E-state index < -0.39 is 0 Å². The number of ether oxygens (including phenoxy) is 1. The molecule has 0 bridgehead atoms. The lowest BCUT2D eigenvalue weighted by molar-refractivity contribution is -0.141. The standard InChI is InChI=1S/C12H15BrN2O2S/c1-8-14-9(13)5-10(15-8)18-7-12(3-4-12)6-11(16)17-2/h5H,3-4,6-7H2,1-2H3. The Morgan fingerprint density at radius 1 is 1.56 bits per heavy atom. The number of hydrogen-bond donors (Lipinski definition) is 0. The average molecular weight is 331 g/mol. The second-order valence-corrected chi connectivity index (χ2v) is 6.43. The number of aryl methyl sites for hydroxylation is 1. The van der Waals surface area contributed by atoms with Gasteiger partial charge in [-0.3, -0.25) is 4.79 Å². The van der Waals surface area contributed by atoms with Crippen LogP contribution in [0.1, 0.15) is 25.1 Å². The number of carbonyl (C=O) groups excluding carboxylic acids is 1. The number of hydrogen-bond acceptors (Lipinski definition) is 5. The molecule has 0 amide bonds. The van der Waals surface area contributed by atoms with E-state index in [4.69, 9.17) is 4.74 Å². The molecular weight excluding hydrogens is 316 g/mol. The quantitative estimate of drug-likeness (QED) is 0.472. The second kappa shape index (κ2) is 5.57. The Bertz CT molecular complexity index is 443. The Labute approximate surface area is 119 Å². The molecule has 0 saturated heterocycles. The van der Waals surface area contributed by atoms with Crippen molar-refractivity contribution in [1.29, 1.82) is 0 Å². The average Bonchev–Trinajstić information content (AvgIpc) is 3.05. The van der Waals surface area contributed by atoms with Crippen LogP contribution in [-0.4, -0.2) is 28.8 Å². The minimum atomic E-state index is -0.117. The third kappa shape index (κ3) is 3.68. The van der Waals surface area contributed by atoms with Crippen LogP contribution in [0.25, 0.3) is 0 Å². The molecule has 6 heteroatoms. The van der Waals surface area contributed by atoms with Gasteiger partial charge in [0.25, 0.3) is 0 Å². The fourth-order valence-electron chi connectivity index (χ4n) is 1.73. The highest BCUT2D eigenvalue weighted by Crippen LogP contribution is 2.52. The Morgan fingerprint density at radius 2 is 2.28 bits per heavy atom. The predicted molar refractivity (Wildman–Crippen MR) is 73.5 cm³/mol. The van der Waals surface area contributed by atoms with Crippen LogP contribution in [-0.2, 0) is 9.53 Å². The van der Waals surface area contributed by atoms with Gasteiger partial charge < -0.3 is 4.74 Å². The summed E-state index contributed by atoms with van der Waals surface area (Å²) in [6, 6.07) is 1.91. The van der Waals surface area contributed by atoms with Crippen molar-refractivity contribution < 1.29 is 9.53 Å². The maximum absolute atomic E-state index is 11.3. The van der Waals surface area contributed by atoms with E-state index in [0.717, 1.165) is 34.0 Å². The number of aromatic nitrogens is 2. The normalized spacial score (nSPS) is 16.4. The highest BCUT2D eigenvalue weighted by molar-refractivity contribution is 9.10. The van der Waals surface area contributed by atoms with E-state index >= 15 is 0 Å². The van der Waals surface area contributed by atoms with E-state index in [9.17, 15) is 4.79 Å². The van der Waals surface area contributed by atoms with E-state index in [2.05, 4.69) is 25.9 Å². The molecule has 0 spiro atoms. The first-order valence-corrected chi connectivity index (χ1v) is 7.52. The fraction of sp³-hybridized carbons (Fsp3) is 0.583. The molecule has 0 atom stereocenters. The lowest BCUT2D eigenvalue weighted by Crippen LogP contribution is -2.13. The van der Waals surface area contributed by atoms with Gasteiger partial charge in [0.15, 0.2) is 0 Å². The molecule has 1 saturated carbocycles. The Morgan fingerprint density at radius 3 is 2.83 bits per heavy atom. The summed E-state index contributed by atoms with van der Waals surface area (Å²) < 4.78 is 5.54. The van der Waals surface area contributed by atoms with Crippen molar-refractivity contribution in [3.63, 3.8) is 0 Å². The molecule has 4 nitrogen and oxygen atoms in total. The van der Waals surface area contributed by atoms with Crippen LogP contribution >= 0.6 is 27.7 Å². The molecule has 0 aromatic carbocycles. The first-order valence-electron chi connectivity index (χ1n) is 5.74. The van der Waals surface area contributed by atoms with Gasteiger partial charge in [-0.15, -0.1) is 11.8 Å². The summed E-state index contributed by atoms with van der Waals surface area (Å²) in [7, 11) is 1.44. The van der Waals surface area contributed by atoms with Crippen LogP contribution in [0.3, 0.4) is 0 Å². The van der Waals surface area contributed by atoms with Gasteiger partial charge in [-0.25, -0.2) is 9.97 Å². The summed E-state index contributed by atoms with van der Waals surface area (Å²) in [6.45, 7) is 1.87. The van der Waals surface area contributed by atoms with Crippen molar-refractivity contribution in [1.82, 2.24) is 9.97 Å². The van der Waals surface area contributed by atoms with Crippen LogP contribution in [0.2, 0.25) is 0 Å². The number of thioether (sulfide) groups is 1. The molecule has 0 radical (unpaired) electrons. The molecule has 1 fully saturated rings. The van der Waals surface area contributed by atoms with Gasteiger partial charge in [0.2, 0.25) is 0 Å². The maximum atomic E-state index is 11.3. The lowest BCUT2D eigenvalue weighted by Gasteiger charge is -2.12. The summed E-state index contributed by atoms with van der Waals surface area (Å²) in [5, 5.41) is 0.950. The zero-order valence-electron chi connectivity index (χ0n) is 10.4. The third-order valence-corrected chi connectivity index (χ3v) is 4.68. The van der Waals surface area contributed by atoms with Gasteiger partial charge >= 0.3 is 5.97 Å². The minimum Gasteiger partial charge on any atom is -0.469 e. The molecular formula is C12H15BrN2O2S. The highest BCUT2D eigenvalue weighted by Gasteiger charge is 2.44. The molecule has 1 aliphatic carbocycles. The monoisotopic (exact) mass is 330 g/mol. The van der Waals surface area contributed by atoms with E-state index in [1.54, 1.807) is 11.8 Å². The van der Waals surface area contributed by atoms with Gasteiger partial charge in [0, 0.05) is 11.8 Å². The first-order chi connectivity index (χ1) is 8.53. The summed E-state index contributed by atoms with van der Waals surface area (Å²) in [5.74, 6) is 1.54. The Balaban J connectivity index is 1.93. The van der Waals surface area contributed by atoms with Crippen LogP contribution in [0, 0.1) is 12.3 Å². The molecule has 1 aliphatic rings. The van der Waals surface area contributed by atoms with Crippen molar-refractivity contribution in [2.45, 2.75) is 31.2 Å². The number of carbonyl (C=O) groups is 1. The van der Waals surface area contributed by atoms with Crippen molar-refractivity contribution in [2.75, 3.05) is 12.9 Å². The number of rotatable bonds is 5. The van der Waals surface area contributed by atoms with Crippen molar-refractivity contribution in [3.8, 4) is 0 Å². The molecule has 0 unspecified atom stereocenters. The Hall–Kier alpha value is -0.620. The molecule has 98 valence electrons. The SMILES string of the molecule is COC(=O)CC1(CSc2cc(Br)nc(C)n2)CC1. The third-order valence-electron chi connectivity index (χ3n) is 3.01. The summed E-state index contributed by atoms with van der Waals surface area (Å²) in [5.41, 5.74) is 0.128. The zero-order valence-corrected chi connectivity index (χ0v) is 12.8. The second-order valence-electron chi connectivity index (χ2n) is 4.62. The number of esters is 1. The topological polar surface area (TPSA) is 52.1 Å². The molecule has 0 N–H and O–H groups in total. The minimum absolute atomic E-state index is 0.117. The van der Waals surface area contributed by atoms with Crippen LogP contribution < -0.4 is 0 Å². The molecule has 1 heterocycles. The van der Waals surface area contributed by atoms with Crippen LogP contribution in [0.5, 0.6) is 0 Å². The molecule has 0 aliphatic heterocycles. The van der Waals surface area contributed by atoms with E-state index in [0.29, 0.717) is 6.42 Å². The lowest BCUT2D eigenvalue weighted by atomic mass is 10.1. The summed E-state index contributed by atoms with van der Waals surface area (Å²) in [4.78, 5) is 19.9. The van der Waals surface area contributed by atoms with Crippen molar-refractivity contribution >= 4 is 33.7 Å². The number of halogens is 1. The van der Waals surface area contributed by atoms with Crippen LogP contribution in [0.4, 0.5) is 0 Å². The molecule has 18 heavy (non-hydrogen) atoms.